The number of amides is 1. The molecule has 0 aromatic heterocycles. The molecule has 4 fully saturated rings. The average molecular weight is 194 g/mol. The second-order valence-electron chi connectivity index (χ2n) is 5.38. The molecule has 78 valence electrons. The van der Waals surface area contributed by atoms with Crippen LogP contribution < -0.4 is 10.6 Å². The Morgan fingerprint density at radius 2 is 2.21 bits per heavy atom. The summed E-state index contributed by atoms with van der Waals surface area (Å²) in [7, 11) is 2.05. The van der Waals surface area contributed by atoms with Gasteiger partial charge in [0.1, 0.15) is 0 Å². The van der Waals surface area contributed by atoms with Gasteiger partial charge >= 0.3 is 0 Å². The summed E-state index contributed by atoms with van der Waals surface area (Å²) in [4.78, 5) is 11.8. The number of carbonyl (C=O) groups excluding carboxylic acids is 1. The van der Waals surface area contributed by atoms with E-state index in [2.05, 4.69) is 17.7 Å². The Morgan fingerprint density at radius 3 is 3.00 bits per heavy atom. The third-order valence-electron chi connectivity index (χ3n) is 4.44. The highest BCUT2D eigenvalue weighted by atomic mass is 16.2. The summed E-state index contributed by atoms with van der Waals surface area (Å²) in [5.74, 6) is 1.38. The highest BCUT2D eigenvalue weighted by Gasteiger charge is 2.50. The molecule has 0 radical (unpaired) electrons. The Bertz CT molecular complexity index is 278. The molecule has 4 rings (SSSR count). The van der Waals surface area contributed by atoms with E-state index >= 15 is 0 Å². The molecule has 2 aliphatic heterocycles. The van der Waals surface area contributed by atoms with Crippen LogP contribution in [0.15, 0.2) is 0 Å². The maximum atomic E-state index is 11.8. The largest absolute Gasteiger partial charge is 0.353 e. The van der Waals surface area contributed by atoms with Gasteiger partial charge in [0.2, 0.25) is 5.91 Å². The summed E-state index contributed by atoms with van der Waals surface area (Å²) in [5.41, 5.74) is 0.273. The summed E-state index contributed by atoms with van der Waals surface area (Å²) >= 11 is 0. The van der Waals surface area contributed by atoms with Crippen molar-refractivity contribution in [3.05, 3.63) is 0 Å². The van der Waals surface area contributed by atoms with Crippen molar-refractivity contribution in [3.8, 4) is 0 Å². The van der Waals surface area contributed by atoms with Gasteiger partial charge in [-0.2, -0.15) is 0 Å². The molecule has 2 saturated carbocycles. The molecule has 0 aromatic rings. The smallest absolute Gasteiger partial charge is 0.223 e. The van der Waals surface area contributed by atoms with Crippen molar-refractivity contribution in [3.63, 3.8) is 0 Å². The standard InChI is InChI=1S/C11H18N2O/c1-12-11-4-7-2-8(5-11)10(14)13-9(3-7)6-11/h7-9,12H,2-6H2,1H3,(H,13,14). The second-order valence-corrected chi connectivity index (χ2v) is 5.38. The van der Waals surface area contributed by atoms with Crippen LogP contribution in [0.4, 0.5) is 0 Å². The molecule has 2 saturated heterocycles. The summed E-state index contributed by atoms with van der Waals surface area (Å²) in [6, 6.07) is 0.446. The lowest BCUT2D eigenvalue weighted by Crippen LogP contribution is -2.53. The van der Waals surface area contributed by atoms with Gasteiger partial charge < -0.3 is 10.6 Å². The zero-order valence-electron chi connectivity index (χ0n) is 8.68. The van der Waals surface area contributed by atoms with Gasteiger partial charge in [-0.1, -0.05) is 0 Å². The van der Waals surface area contributed by atoms with Crippen LogP contribution in [0, 0.1) is 11.8 Å². The zero-order valence-corrected chi connectivity index (χ0v) is 8.68. The van der Waals surface area contributed by atoms with Crippen molar-refractivity contribution in [1.82, 2.24) is 10.6 Å². The van der Waals surface area contributed by atoms with Crippen molar-refractivity contribution >= 4 is 5.91 Å². The van der Waals surface area contributed by atoms with Crippen LogP contribution in [-0.4, -0.2) is 24.5 Å². The van der Waals surface area contributed by atoms with Gasteiger partial charge in [0.25, 0.3) is 0 Å². The molecule has 2 heterocycles. The van der Waals surface area contributed by atoms with Crippen LogP contribution in [0.3, 0.4) is 0 Å². The van der Waals surface area contributed by atoms with Crippen LogP contribution in [0.5, 0.6) is 0 Å². The third-order valence-corrected chi connectivity index (χ3v) is 4.44. The highest BCUT2D eigenvalue weighted by molar-refractivity contribution is 5.80. The van der Waals surface area contributed by atoms with E-state index in [9.17, 15) is 4.79 Å². The summed E-state index contributed by atoms with van der Waals surface area (Å²) in [5, 5.41) is 6.66. The number of hydrogen-bond donors (Lipinski definition) is 2. The van der Waals surface area contributed by atoms with Crippen molar-refractivity contribution in [2.45, 2.75) is 43.7 Å². The predicted octanol–water partition coefficient (Wildman–Crippen LogP) is 0.653. The fourth-order valence-electron chi connectivity index (χ4n) is 3.92. The van der Waals surface area contributed by atoms with Gasteiger partial charge in [-0.15, -0.1) is 0 Å². The molecular formula is C11H18N2O. The van der Waals surface area contributed by atoms with Crippen LogP contribution in [0.2, 0.25) is 0 Å². The van der Waals surface area contributed by atoms with E-state index in [1.165, 1.54) is 12.8 Å². The van der Waals surface area contributed by atoms with Crippen LogP contribution in [0.25, 0.3) is 0 Å². The molecule has 0 spiro atoms. The molecule has 2 aliphatic carbocycles. The topological polar surface area (TPSA) is 41.1 Å². The SMILES string of the molecule is CNC12CC3CC(C1)NC(=O)C(C3)C2. The molecule has 1 amide bonds. The summed E-state index contributed by atoms with van der Waals surface area (Å²) < 4.78 is 0. The molecule has 3 heteroatoms. The zero-order chi connectivity index (χ0) is 9.76. The molecule has 2 N–H and O–H groups in total. The molecule has 14 heavy (non-hydrogen) atoms. The lowest BCUT2D eigenvalue weighted by Gasteiger charge is -2.47. The summed E-state index contributed by atoms with van der Waals surface area (Å²) in [6.07, 6.45) is 5.83. The van der Waals surface area contributed by atoms with Gasteiger partial charge in [0.05, 0.1) is 0 Å². The molecule has 4 atom stereocenters. The number of hydrogen-bond acceptors (Lipinski definition) is 2. The van der Waals surface area contributed by atoms with Gasteiger partial charge in [0, 0.05) is 17.5 Å². The van der Waals surface area contributed by atoms with E-state index < -0.39 is 0 Å². The first-order chi connectivity index (χ1) is 6.71. The fraction of sp³-hybridized carbons (Fsp3) is 0.909. The Labute approximate surface area is 84.6 Å². The third kappa shape index (κ3) is 1.11. The first kappa shape index (κ1) is 8.72. The monoisotopic (exact) mass is 194 g/mol. The van der Waals surface area contributed by atoms with Crippen LogP contribution in [-0.2, 0) is 4.79 Å². The van der Waals surface area contributed by atoms with E-state index in [1.54, 1.807) is 0 Å². The van der Waals surface area contributed by atoms with E-state index in [-0.39, 0.29) is 11.5 Å². The van der Waals surface area contributed by atoms with Gasteiger partial charge in [0.15, 0.2) is 0 Å². The number of rotatable bonds is 1. The first-order valence-electron chi connectivity index (χ1n) is 5.70. The predicted molar refractivity (Wildman–Crippen MR) is 53.8 cm³/mol. The van der Waals surface area contributed by atoms with Crippen molar-refractivity contribution in [1.29, 1.82) is 0 Å². The van der Waals surface area contributed by atoms with Gasteiger partial charge in [-0.3, -0.25) is 4.79 Å². The Balaban J connectivity index is 1.97. The average Bonchev–Trinajstić information content (AvgIpc) is 2.30. The van der Waals surface area contributed by atoms with Crippen molar-refractivity contribution < 1.29 is 4.79 Å². The highest BCUT2D eigenvalue weighted by Crippen LogP contribution is 2.47. The maximum Gasteiger partial charge on any atom is 0.223 e. The molecule has 4 aliphatic rings. The van der Waals surface area contributed by atoms with Gasteiger partial charge in [-0.25, -0.2) is 0 Å². The molecule has 3 nitrogen and oxygen atoms in total. The van der Waals surface area contributed by atoms with E-state index in [4.69, 9.17) is 0 Å². The minimum atomic E-state index is 0.273. The number of fused-ring (bicyclic) bond motifs is 1. The quantitative estimate of drug-likeness (QED) is 0.643. The number of carbonyl (C=O) groups is 1. The van der Waals surface area contributed by atoms with Crippen molar-refractivity contribution in [2.24, 2.45) is 11.8 Å². The van der Waals surface area contributed by atoms with Gasteiger partial charge in [-0.05, 0) is 45.1 Å². The van der Waals surface area contributed by atoms with E-state index in [1.807, 2.05) is 0 Å². The maximum absolute atomic E-state index is 11.8. The Hall–Kier alpha value is -0.570. The minimum Gasteiger partial charge on any atom is -0.353 e. The molecule has 4 bridgehead atoms. The minimum absolute atomic E-state index is 0.273. The molecule has 4 unspecified atom stereocenters. The molecule has 0 aromatic carbocycles. The first-order valence-corrected chi connectivity index (χ1v) is 5.70. The Kier molecular flexibility index (Phi) is 1.69. The summed E-state index contributed by atoms with van der Waals surface area (Å²) in [6.45, 7) is 0. The van der Waals surface area contributed by atoms with E-state index in [0.717, 1.165) is 25.2 Å². The number of nitrogens with one attached hydrogen (secondary N) is 2. The lowest BCUT2D eigenvalue weighted by atomic mass is 9.63. The van der Waals surface area contributed by atoms with Crippen LogP contribution in [0.1, 0.15) is 32.1 Å². The van der Waals surface area contributed by atoms with Crippen molar-refractivity contribution in [2.75, 3.05) is 7.05 Å². The van der Waals surface area contributed by atoms with E-state index in [0.29, 0.717) is 11.9 Å². The fourth-order valence-corrected chi connectivity index (χ4v) is 3.92. The van der Waals surface area contributed by atoms with Crippen LogP contribution >= 0.6 is 0 Å². The normalized spacial score (nSPS) is 50.4. The molecular weight excluding hydrogens is 176 g/mol. The Morgan fingerprint density at radius 1 is 1.36 bits per heavy atom. The second kappa shape index (κ2) is 2.72. The lowest BCUT2D eigenvalue weighted by molar-refractivity contribution is -0.125.